The fourth-order valence-corrected chi connectivity index (χ4v) is 1.35. The second-order valence-corrected chi connectivity index (χ2v) is 3.49. The molecule has 0 amide bonds. The summed E-state index contributed by atoms with van der Waals surface area (Å²) in [6.07, 6.45) is 2.39. The zero-order chi connectivity index (χ0) is 13.5. The molecule has 0 radical (unpaired) electrons. The SMILES string of the molecule is COc1nc(NN)nc(OCCc2ccccn2)n1. The molecule has 0 bridgehead atoms. The number of nitrogen functional groups attached to an aromatic ring is 1. The van der Waals surface area contributed by atoms with Gasteiger partial charge in [-0.1, -0.05) is 6.07 Å². The lowest BCUT2D eigenvalue weighted by atomic mass is 10.3. The molecule has 0 aliphatic heterocycles. The van der Waals surface area contributed by atoms with Gasteiger partial charge >= 0.3 is 12.0 Å². The maximum absolute atomic E-state index is 5.42. The minimum Gasteiger partial charge on any atom is -0.467 e. The number of anilines is 1. The van der Waals surface area contributed by atoms with Crippen LogP contribution in [0.2, 0.25) is 0 Å². The van der Waals surface area contributed by atoms with E-state index in [4.69, 9.17) is 15.3 Å². The van der Waals surface area contributed by atoms with Gasteiger partial charge in [0.25, 0.3) is 0 Å². The first-order valence-electron chi connectivity index (χ1n) is 5.61. The Balaban J connectivity index is 1.95. The molecule has 0 unspecified atom stereocenters. The van der Waals surface area contributed by atoms with E-state index in [1.165, 1.54) is 7.11 Å². The van der Waals surface area contributed by atoms with E-state index < -0.39 is 0 Å². The molecule has 2 rings (SSSR count). The fourth-order valence-electron chi connectivity index (χ4n) is 1.35. The number of nitrogens with zero attached hydrogens (tertiary/aromatic N) is 4. The number of pyridine rings is 1. The van der Waals surface area contributed by atoms with E-state index >= 15 is 0 Å². The van der Waals surface area contributed by atoms with Gasteiger partial charge in [-0.15, -0.1) is 4.98 Å². The summed E-state index contributed by atoms with van der Waals surface area (Å²) in [4.78, 5) is 15.9. The van der Waals surface area contributed by atoms with Crippen LogP contribution >= 0.6 is 0 Å². The molecule has 0 spiro atoms. The van der Waals surface area contributed by atoms with Gasteiger partial charge in [0.15, 0.2) is 0 Å². The van der Waals surface area contributed by atoms with Gasteiger partial charge in [-0.25, -0.2) is 5.84 Å². The smallest absolute Gasteiger partial charge is 0.324 e. The van der Waals surface area contributed by atoms with Crippen LogP contribution in [0, 0.1) is 0 Å². The normalized spacial score (nSPS) is 10.0. The lowest BCUT2D eigenvalue weighted by Gasteiger charge is -2.06. The topological polar surface area (TPSA) is 108 Å². The van der Waals surface area contributed by atoms with Gasteiger partial charge in [0.1, 0.15) is 0 Å². The number of rotatable bonds is 6. The predicted molar refractivity (Wildman–Crippen MR) is 67.6 cm³/mol. The van der Waals surface area contributed by atoms with Crippen molar-refractivity contribution < 1.29 is 9.47 Å². The largest absolute Gasteiger partial charge is 0.467 e. The van der Waals surface area contributed by atoms with Crippen LogP contribution in [0.3, 0.4) is 0 Å². The standard InChI is InChI=1S/C11H14N6O2/c1-18-10-14-9(17-12)15-11(16-10)19-7-5-8-4-2-3-6-13-8/h2-4,6H,5,7,12H2,1H3,(H,14,15,16,17). The summed E-state index contributed by atoms with van der Waals surface area (Å²) >= 11 is 0. The Morgan fingerprint density at radius 2 is 2.05 bits per heavy atom. The number of hydrazine groups is 1. The van der Waals surface area contributed by atoms with Crippen molar-refractivity contribution >= 4 is 5.95 Å². The van der Waals surface area contributed by atoms with Gasteiger partial charge in [0.05, 0.1) is 13.7 Å². The van der Waals surface area contributed by atoms with Gasteiger partial charge in [0.2, 0.25) is 5.95 Å². The average molecular weight is 262 g/mol. The monoisotopic (exact) mass is 262 g/mol. The Labute approximate surface area is 110 Å². The minimum atomic E-state index is 0.135. The van der Waals surface area contributed by atoms with Crippen molar-refractivity contribution in [2.24, 2.45) is 5.84 Å². The highest BCUT2D eigenvalue weighted by Gasteiger charge is 2.07. The van der Waals surface area contributed by atoms with E-state index in [-0.39, 0.29) is 18.0 Å². The Bertz CT molecular complexity index is 500. The van der Waals surface area contributed by atoms with Gasteiger partial charge in [-0.3, -0.25) is 10.4 Å². The highest BCUT2D eigenvalue weighted by Crippen LogP contribution is 2.11. The fraction of sp³-hybridized carbons (Fsp3) is 0.273. The molecule has 0 saturated carbocycles. The van der Waals surface area contributed by atoms with Crippen LogP contribution in [0.5, 0.6) is 12.0 Å². The molecule has 2 aromatic heterocycles. The Kier molecular flexibility index (Phi) is 4.40. The average Bonchev–Trinajstić information content (AvgIpc) is 2.48. The highest BCUT2D eigenvalue weighted by atomic mass is 16.5. The second kappa shape index (κ2) is 6.45. The van der Waals surface area contributed by atoms with Crippen molar-refractivity contribution in [2.75, 3.05) is 19.1 Å². The van der Waals surface area contributed by atoms with Crippen molar-refractivity contribution in [3.63, 3.8) is 0 Å². The molecule has 0 fully saturated rings. The first-order valence-corrected chi connectivity index (χ1v) is 5.61. The summed E-state index contributed by atoms with van der Waals surface area (Å²) in [6.45, 7) is 0.397. The van der Waals surface area contributed by atoms with E-state index in [2.05, 4.69) is 25.4 Å². The Hall–Kier alpha value is -2.48. The molecule has 8 heteroatoms. The molecule has 0 saturated heterocycles. The van der Waals surface area contributed by atoms with Gasteiger partial charge in [0, 0.05) is 18.3 Å². The molecular formula is C11H14N6O2. The molecule has 0 aliphatic rings. The van der Waals surface area contributed by atoms with Crippen LogP contribution in [0.1, 0.15) is 5.69 Å². The van der Waals surface area contributed by atoms with E-state index in [0.29, 0.717) is 13.0 Å². The first-order chi connectivity index (χ1) is 9.31. The number of ether oxygens (including phenoxy) is 2. The van der Waals surface area contributed by atoms with E-state index in [1.807, 2.05) is 18.2 Å². The van der Waals surface area contributed by atoms with Crippen molar-refractivity contribution in [1.82, 2.24) is 19.9 Å². The molecule has 2 aromatic rings. The van der Waals surface area contributed by atoms with Crippen LogP contribution in [-0.4, -0.2) is 33.7 Å². The van der Waals surface area contributed by atoms with Gasteiger partial charge < -0.3 is 9.47 Å². The molecule has 100 valence electrons. The van der Waals surface area contributed by atoms with Crippen LogP contribution < -0.4 is 20.7 Å². The molecule has 3 N–H and O–H groups in total. The third-order valence-corrected chi connectivity index (χ3v) is 2.22. The lowest BCUT2D eigenvalue weighted by Crippen LogP contribution is -2.13. The summed E-state index contributed by atoms with van der Waals surface area (Å²) in [5.41, 5.74) is 3.25. The van der Waals surface area contributed by atoms with E-state index in [0.717, 1.165) is 5.69 Å². The van der Waals surface area contributed by atoms with Crippen molar-refractivity contribution in [3.05, 3.63) is 30.1 Å². The second-order valence-electron chi connectivity index (χ2n) is 3.49. The molecule has 19 heavy (non-hydrogen) atoms. The first kappa shape index (κ1) is 13.0. The van der Waals surface area contributed by atoms with Crippen LogP contribution in [0.25, 0.3) is 0 Å². The summed E-state index contributed by atoms with van der Waals surface area (Å²) in [5.74, 6) is 5.42. The molecule has 8 nitrogen and oxygen atoms in total. The molecular weight excluding hydrogens is 248 g/mol. The zero-order valence-corrected chi connectivity index (χ0v) is 10.4. The summed E-state index contributed by atoms with van der Waals surface area (Å²) in [6, 6.07) is 5.99. The predicted octanol–water partition coefficient (Wildman–Crippen LogP) is 0.182. The maximum atomic E-state index is 5.42. The molecule has 0 aromatic carbocycles. The highest BCUT2D eigenvalue weighted by molar-refractivity contribution is 5.25. The third kappa shape index (κ3) is 3.75. The number of hydrogen-bond donors (Lipinski definition) is 2. The quantitative estimate of drug-likeness (QED) is 0.560. The van der Waals surface area contributed by atoms with Crippen LogP contribution in [-0.2, 0) is 6.42 Å². The summed E-state index contributed by atoms with van der Waals surface area (Å²) in [7, 11) is 1.45. The Morgan fingerprint density at radius 1 is 1.21 bits per heavy atom. The van der Waals surface area contributed by atoms with E-state index in [1.54, 1.807) is 6.20 Å². The van der Waals surface area contributed by atoms with E-state index in [9.17, 15) is 0 Å². The minimum absolute atomic E-state index is 0.135. The van der Waals surface area contributed by atoms with Gasteiger partial charge in [-0.2, -0.15) is 9.97 Å². The molecule has 0 aliphatic carbocycles. The van der Waals surface area contributed by atoms with Crippen molar-refractivity contribution in [3.8, 4) is 12.0 Å². The Morgan fingerprint density at radius 3 is 2.74 bits per heavy atom. The van der Waals surface area contributed by atoms with Crippen LogP contribution in [0.4, 0.5) is 5.95 Å². The number of nitrogens with one attached hydrogen (secondary N) is 1. The number of hydrogen-bond acceptors (Lipinski definition) is 8. The summed E-state index contributed by atoms with van der Waals surface area (Å²) < 4.78 is 10.3. The van der Waals surface area contributed by atoms with Crippen LogP contribution in [0.15, 0.2) is 24.4 Å². The number of aromatic nitrogens is 4. The van der Waals surface area contributed by atoms with Gasteiger partial charge in [-0.05, 0) is 12.1 Å². The zero-order valence-electron chi connectivity index (χ0n) is 10.4. The molecule has 0 atom stereocenters. The van der Waals surface area contributed by atoms with Crippen molar-refractivity contribution in [2.45, 2.75) is 6.42 Å². The summed E-state index contributed by atoms with van der Waals surface area (Å²) in [5, 5.41) is 0. The molecule has 2 heterocycles. The maximum Gasteiger partial charge on any atom is 0.324 e. The van der Waals surface area contributed by atoms with Crippen molar-refractivity contribution in [1.29, 1.82) is 0 Å². The third-order valence-electron chi connectivity index (χ3n) is 2.22. The number of nitrogens with two attached hydrogens (primary N) is 1. The lowest BCUT2D eigenvalue weighted by molar-refractivity contribution is 0.284. The number of methoxy groups -OCH3 is 1.